The predicted octanol–water partition coefficient (Wildman–Crippen LogP) is 0.756. The van der Waals surface area contributed by atoms with Crippen LogP contribution in [-0.4, -0.2) is 38.3 Å². The van der Waals surface area contributed by atoms with Gasteiger partial charge >= 0.3 is 0 Å². The molecule has 6 nitrogen and oxygen atoms in total. The number of hydrogen-bond donors (Lipinski definition) is 0. The van der Waals surface area contributed by atoms with Crippen molar-refractivity contribution in [3.8, 4) is 0 Å². The van der Waals surface area contributed by atoms with Gasteiger partial charge in [-0.05, 0) is 41.3 Å². The monoisotopic (exact) mass is 218 g/mol. The van der Waals surface area contributed by atoms with Crippen LogP contribution in [0, 0.1) is 5.92 Å². The van der Waals surface area contributed by atoms with Gasteiger partial charge in [-0.2, -0.15) is 0 Å². The molecule has 0 radical (unpaired) electrons. The second-order valence-electron chi connectivity index (χ2n) is 4.41. The van der Waals surface area contributed by atoms with Crippen LogP contribution in [0.5, 0.6) is 0 Å². The van der Waals surface area contributed by atoms with Crippen molar-refractivity contribution >= 4 is 11.5 Å². The minimum atomic E-state index is 0.689. The zero-order chi connectivity index (χ0) is 11.0. The molecule has 1 atom stereocenters. The molecule has 0 aliphatic carbocycles. The Hall–Kier alpha value is -1.72. The first-order valence-corrected chi connectivity index (χ1v) is 5.63. The minimum Gasteiger partial charge on any atom is -0.355 e. The molecule has 84 valence electrons. The molecule has 6 heteroatoms. The molecule has 16 heavy (non-hydrogen) atoms. The van der Waals surface area contributed by atoms with E-state index in [9.17, 15) is 0 Å². The fraction of sp³-hybridized carbons (Fsp3) is 0.600. The summed E-state index contributed by atoms with van der Waals surface area (Å²) in [5.74, 6) is 1.70. The molecule has 0 saturated carbocycles. The van der Waals surface area contributed by atoms with E-state index in [0.29, 0.717) is 5.65 Å². The molecule has 1 aliphatic heterocycles. The van der Waals surface area contributed by atoms with E-state index in [-0.39, 0.29) is 0 Å². The van der Waals surface area contributed by atoms with E-state index in [1.165, 1.54) is 17.5 Å². The van der Waals surface area contributed by atoms with Gasteiger partial charge in [-0.15, -0.1) is 14.8 Å². The highest BCUT2D eigenvalue weighted by Gasteiger charge is 2.18. The summed E-state index contributed by atoms with van der Waals surface area (Å²) in [6.45, 7) is 4.42. The van der Waals surface area contributed by atoms with E-state index in [0.717, 1.165) is 24.8 Å². The van der Waals surface area contributed by atoms with Crippen LogP contribution in [-0.2, 0) is 0 Å². The van der Waals surface area contributed by atoms with Crippen molar-refractivity contribution in [2.75, 3.05) is 18.0 Å². The molecule has 0 aromatic carbocycles. The van der Waals surface area contributed by atoms with Gasteiger partial charge in [-0.3, -0.25) is 0 Å². The van der Waals surface area contributed by atoms with Gasteiger partial charge in [0.25, 0.3) is 0 Å². The van der Waals surface area contributed by atoms with Crippen molar-refractivity contribution < 1.29 is 0 Å². The van der Waals surface area contributed by atoms with Crippen LogP contribution in [0.1, 0.15) is 19.8 Å². The molecular formula is C10H14N6. The Morgan fingerprint density at radius 1 is 1.38 bits per heavy atom. The second-order valence-corrected chi connectivity index (χ2v) is 4.41. The first kappa shape index (κ1) is 9.50. The van der Waals surface area contributed by atoms with Crippen LogP contribution >= 0.6 is 0 Å². The lowest BCUT2D eigenvalue weighted by molar-refractivity contribution is 0.442. The third-order valence-corrected chi connectivity index (χ3v) is 3.04. The smallest absolute Gasteiger partial charge is 0.200 e. The molecule has 2 aromatic heterocycles. The predicted molar refractivity (Wildman–Crippen MR) is 59.2 cm³/mol. The van der Waals surface area contributed by atoms with Crippen molar-refractivity contribution in [2.24, 2.45) is 5.92 Å². The van der Waals surface area contributed by atoms with E-state index in [4.69, 9.17) is 0 Å². The largest absolute Gasteiger partial charge is 0.355 e. The first-order valence-electron chi connectivity index (χ1n) is 5.63. The quantitative estimate of drug-likeness (QED) is 0.707. The van der Waals surface area contributed by atoms with Crippen molar-refractivity contribution in [3.05, 3.63) is 12.1 Å². The maximum absolute atomic E-state index is 4.40. The molecule has 0 amide bonds. The molecule has 0 unspecified atom stereocenters. The molecule has 0 bridgehead atoms. The van der Waals surface area contributed by atoms with Crippen LogP contribution in [0.3, 0.4) is 0 Å². The molecule has 1 fully saturated rings. The minimum absolute atomic E-state index is 0.689. The highest BCUT2D eigenvalue weighted by molar-refractivity contribution is 5.44. The number of hydrogen-bond acceptors (Lipinski definition) is 5. The zero-order valence-electron chi connectivity index (χ0n) is 9.24. The second kappa shape index (κ2) is 3.70. The number of piperidine rings is 1. The summed E-state index contributed by atoms with van der Waals surface area (Å²) in [7, 11) is 0. The SMILES string of the molecule is C[C@H]1CCCN(c2ccc3nnnn3n2)C1. The van der Waals surface area contributed by atoms with Gasteiger partial charge < -0.3 is 4.90 Å². The van der Waals surface area contributed by atoms with Crippen LogP contribution in [0.2, 0.25) is 0 Å². The van der Waals surface area contributed by atoms with E-state index < -0.39 is 0 Å². The molecule has 3 heterocycles. The lowest BCUT2D eigenvalue weighted by atomic mass is 10.0. The third-order valence-electron chi connectivity index (χ3n) is 3.04. The lowest BCUT2D eigenvalue weighted by Crippen LogP contribution is -2.35. The summed E-state index contributed by atoms with van der Waals surface area (Å²) in [5.41, 5.74) is 0.689. The van der Waals surface area contributed by atoms with Gasteiger partial charge in [0, 0.05) is 13.1 Å². The zero-order valence-corrected chi connectivity index (χ0v) is 9.24. The van der Waals surface area contributed by atoms with Crippen molar-refractivity contribution in [3.63, 3.8) is 0 Å². The van der Waals surface area contributed by atoms with Crippen LogP contribution < -0.4 is 4.90 Å². The molecule has 1 saturated heterocycles. The molecule has 3 rings (SSSR count). The van der Waals surface area contributed by atoms with Crippen molar-refractivity contribution in [1.29, 1.82) is 0 Å². The Morgan fingerprint density at radius 2 is 2.31 bits per heavy atom. The van der Waals surface area contributed by atoms with Crippen LogP contribution in [0.25, 0.3) is 5.65 Å². The first-order chi connectivity index (χ1) is 7.83. The average molecular weight is 218 g/mol. The van der Waals surface area contributed by atoms with Gasteiger partial charge in [-0.25, -0.2) is 0 Å². The van der Waals surface area contributed by atoms with E-state index in [1.54, 1.807) is 0 Å². The Morgan fingerprint density at radius 3 is 3.19 bits per heavy atom. The van der Waals surface area contributed by atoms with Crippen LogP contribution in [0.15, 0.2) is 12.1 Å². The van der Waals surface area contributed by atoms with E-state index in [2.05, 4.69) is 32.4 Å². The molecule has 0 spiro atoms. The maximum Gasteiger partial charge on any atom is 0.200 e. The standard InChI is InChI=1S/C10H14N6/c1-8-3-2-6-15(7-8)10-5-4-9-11-13-14-16(9)12-10/h4-5,8H,2-3,6-7H2,1H3/t8-/m0/s1. The van der Waals surface area contributed by atoms with Crippen molar-refractivity contribution in [1.82, 2.24) is 25.3 Å². The topological polar surface area (TPSA) is 59.2 Å². The highest BCUT2D eigenvalue weighted by atomic mass is 15.6. The number of anilines is 1. The Bertz CT molecular complexity index is 493. The Kier molecular flexibility index (Phi) is 2.19. The summed E-state index contributed by atoms with van der Waals surface area (Å²) in [6, 6.07) is 3.89. The molecule has 0 N–H and O–H groups in total. The van der Waals surface area contributed by atoms with Gasteiger partial charge in [0.15, 0.2) is 11.5 Å². The van der Waals surface area contributed by atoms with Gasteiger partial charge in [0.1, 0.15) is 0 Å². The Balaban J connectivity index is 1.92. The highest BCUT2D eigenvalue weighted by Crippen LogP contribution is 2.20. The summed E-state index contributed by atoms with van der Waals surface area (Å²) >= 11 is 0. The third kappa shape index (κ3) is 1.60. The summed E-state index contributed by atoms with van der Waals surface area (Å²) in [6.07, 6.45) is 2.54. The number of rotatable bonds is 1. The van der Waals surface area contributed by atoms with Crippen molar-refractivity contribution in [2.45, 2.75) is 19.8 Å². The lowest BCUT2D eigenvalue weighted by Gasteiger charge is -2.31. The fourth-order valence-electron chi connectivity index (χ4n) is 2.21. The Labute approximate surface area is 93.2 Å². The number of tetrazole rings is 1. The average Bonchev–Trinajstić information content (AvgIpc) is 2.75. The summed E-state index contributed by atoms with van der Waals surface area (Å²) in [4.78, 5) is 2.30. The van der Waals surface area contributed by atoms with Gasteiger partial charge in [0.05, 0.1) is 0 Å². The van der Waals surface area contributed by atoms with Crippen LogP contribution in [0.4, 0.5) is 5.82 Å². The molecule has 2 aromatic rings. The number of nitrogens with zero attached hydrogens (tertiary/aromatic N) is 6. The summed E-state index contributed by atoms with van der Waals surface area (Å²) < 4.78 is 1.48. The van der Waals surface area contributed by atoms with E-state index >= 15 is 0 Å². The summed E-state index contributed by atoms with van der Waals surface area (Å²) in [5, 5.41) is 15.6. The maximum atomic E-state index is 4.40. The molecular weight excluding hydrogens is 204 g/mol. The molecule has 1 aliphatic rings. The normalized spacial score (nSPS) is 21.6. The van der Waals surface area contributed by atoms with Gasteiger partial charge in [-0.1, -0.05) is 6.92 Å². The fourth-order valence-corrected chi connectivity index (χ4v) is 2.21. The van der Waals surface area contributed by atoms with Gasteiger partial charge in [0.2, 0.25) is 0 Å². The number of fused-ring (bicyclic) bond motifs is 1. The van der Waals surface area contributed by atoms with E-state index in [1.807, 2.05) is 12.1 Å². The number of aromatic nitrogens is 5.